The van der Waals surface area contributed by atoms with Crippen LogP contribution in [0.15, 0.2) is 78.9 Å². The van der Waals surface area contributed by atoms with Gasteiger partial charge in [-0.2, -0.15) is 0 Å². The van der Waals surface area contributed by atoms with E-state index in [1.54, 1.807) is 50.2 Å². The molecule has 56 heavy (non-hydrogen) atoms. The lowest BCUT2D eigenvalue weighted by Crippen LogP contribution is -2.51. The molecule has 0 aliphatic carbocycles. The van der Waals surface area contributed by atoms with Crippen LogP contribution in [0.25, 0.3) is 0 Å². The van der Waals surface area contributed by atoms with Crippen molar-refractivity contribution in [3.63, 3.8) is 0 Å². The van der Waals surface area contributed by atoms with Crippen molar-refractivity contribution in [1.82, 2.24) is 30.7 Å². The van der Waals surface area contributed by atoms with Crippen LogP contribution in [-0.4, -0.2) is 103 Å². The van der Waals surface area contributed by atoms with Crippen LogP contribution in [0.3, 0.4) is 0 Å². The molecule has 3 aromatic rings. The van der Waals surface area contributed by atoms with Gasteiger partial charge in [-0.15, -0.1) is 0 Å². The van der Waals surface area contributed by atoms with Gasteiger partial charge in [-0.1, -0.05) is 79.6 Å². The number of benzene rings is 3. The number of rotatable bonds is 7. The lowest BCUT2D eigenvalue weighted by molar-refractivity contribution is -0.137. The summed E-state index contributed by atoms with van der Waals surface area (Å²) in [5.74, 6) is -1.42. The van der Waals surface area contributed by atoms with Gasteiger partial charge in [0.1, 0.15) is 24.4 Å². The molecule has 3 aromatic carbocycles. The fourth-order valence-corrected chi connectivity index (χ4v) is 7.29. The molecule has 12 nitrogen and oxygen atoms in total. The van der Waals surface area contributed by atoms with Gasteiger partial charge in [0.25, 0.3) is 5.91 Å². The Kier molecular flexibility index (Phi) is 15.9. The van der Waals surface area contributed by atoms with Crippen molar-refractivity contribution >= 4 is 29.5 Å². The van der Waals surface area contributed by atoms with E-state index in [1.165, 1.54) is 36.1 Å². The van der Waals surface area contributed by atoms with E-state index < -0.39 is 29.9 Å². The second kappa shape index (κ2) is 21.2. The van der Waals surface area contributed by atoms with Gasteiger partial charge in [-0.3, -0.25) is 28.9 Å². The minimum atomic E-state index is -1.01. The molecule has 300 valence electrons. The van der Waals surface area contributed by atoms with E-state index in [9.17, 15) is 24.0 Å². The second-order valence-corrected chi connectivity index (χ2v) is 15.1. The highest BCUT2D eigenvalue weighted by molar-refractivity contribution is 5.99. The number of para-hydroxylation sites is 1. The molecule has 2 heterocycles. The van der Waals surface area contributed by atoms with Gasteiger partial charge in [-0.25, -0.2) is 0 Å². The Morgan fingerprint density at radius 1 is 0.786 bits per heavy atom. The summed E-state index contributed by atoms with van der Waals surface area (Å²) in [6.45, 7) is 5.33. The molecule has 0 spiro atoms. The fraction of sp³-hybridized carbons (Fsp3) is 0.477. The maximum absolute atomic E-state index is 14.0. The zero-order chi connectivity index (χ0) is 39.9. The molecule has 5 rings (SSSR count). The van der Waals surface area contributed by atoms with Crippen molar-refractivity contribution < 1.29 is 28.7 Å². The second-order valence-electron chi connectivity index (χ2n) is 15.1. The average molecular weight is 767 g/mol. The van der Waals surface area contributed by atoms with Gasteiger partial charge in [0.05, 0.1) is 11.6 Å². The zero-order valence-corrected chi connectivity index (χ0v) is 33.1. The minimum absolute atomic E-state index is 0.00354. The number of nitrogens with one attached hydrogen (secondary N) is 3. The third kappa shape index (κ3) is 12.7. The van der Waals surface area contributed by atoms with Crippen LogP contribution in [0.2, 0.25) is 0 Å². The number of hydrogen-bond donors (Lipinski definition) is 3. The maximum atomic E-state index is 14.0. The molecular weight excluding hydrogens is 709 g/mol. The number of nitrogens with zero attached hydrogens (tertiary/aromatic N) is 3. The summed E-state index contributed by atoms with van der Waals surface area (Å²) in [5, 5.41) is 8.70. The molecular formula is C44H58N6O6. The Balaban J connectivity index is 1.34. The monoisotopic (exact) mass is 766 g/mol. The van der Waals surface area contributed by atoms with E-state index in [1.807, 2.05) is 42.5 Å². The largest absolute Gasteiger partial charge is 0.491 e. The number of fused-ring (bicyclic) bond motifs is 1. The quantitative estimate of drug-likeness (QED) is 0.323. The van der Waals surface area contributed by atoms with Gasteiger partial charge >= 0.3 is 0 Å². The zero-order valence-electron chi connectivity index (χ0n) is 33.1. The first-order valence-electron chi connectivity index (χ1n) is 20.0. The molecule has 2 aliphatic rings. The summed E-state index contributed by atoms with van der Waals surface area (Å²) >= 11 is 0. The van der Waals surface area contributed by atoms with E-state index >= 15 is 0 Å². The summed E-state index contributed by atoms with van der Waals surface area (Å²) < 4.78 is 6.30. The van der Waals surface area contributed by atoms with Crippen LogP contribution in [0.4, 0.5) is 0 Å². The van der Waals surface area contributed by atoms with Crippen molar-refractivity contribution in [2.75, 3.05) is 40.3 Å². The third-order valence-electron chi connectivity index (χ3n) is 10.7. The number of hydrogen-bond acceptors (Lipinski definition) is 7. The van der Waals surface area contributed by atoms with Crippen molar-refractivity contribution in [3.8, 4) is 5.75 Å². The highest BCUT2D eigenvalue weighted by Crippen LogP contribution is 2.21. The summed E-state index contributed by atoms with van der Waals surface area (Å²) in [6, 6.07) is 22.5. The molecule has 1 fully saturated rings. The lowest BCUT2D eigenvalue weighted by atomic mass is 10.0. The number of likely N-dealkylation sites (N-methyl/N-ethyl adjacent to an activating group) is 1. The summed E-state index contributed by atoms with van der Waals surface area (Å²) in [4.78, 5) is 73.1. The number of likely N-dealkylation sites (tertiary alicyclic amines) is 1. The van der Waals surface area contributed by atoms with Crippen LogP contribution in [-0.2, 0) is 38.7 Å². The van der Waals surface area contributed by atoms with Crippen LogP contribution in [0.1, 0.15) is 85.3 Å². The third-order valence-corrected chi connectivity index (χ3v) is 10.7. The lowest BCUT2D eigenvalue weighted by Gasteiger charge is -2.31. The van der Waals surface area contributed by atoms with Gasteiger partial charge in [0, 0.05) is 46.6 Å². The van der Waals surface area contributed by atoms with E-state index in [0.29, 0.717) is 19.4 Å². The highest BCUT2D eigenvalue weighted by Gasteiger charge is 2.28. The normalized spacial score (nSPS) is 21.5. The first-order chi connectivity index (χ1) is 27.1. The fourth-order valence-electron chi connectivity index (χ4n) is 7.29. The molecule has 0 radical (unpaired) electrons. The number of carbonyl (C=O) groups excluding carboxylic acids is 5. The van der Waals surface area contributed by atoms with Crippen molar-refractivity contribution in [2.24, 2.45) is 0 Å². The van der Waals surface area contributed by atoms with Crippen LogP contribution in [0.5, 0.6) is 5.75 Å². The van der Waals surface area contributed by atoms with Crippen LogP contribution < -0.4 is 20.7 Å². The van der Waals surface area contributed by atoms with Gasteiger partial charge in [0.15, 0.2) is 0 Å². The Hall–Kier alpha value is -5.23. The van der Waals surface area contributed by atoms with Gasteiger partial charge < -0.3 is 30.5 Å². The first kappa shape index (κ1) is 41.9. The molecule has 0 aromatic heterocycles. The SMILES string of the molecule is C[C@@H]1NC(=O)CCCN(C)C(=O)CC[C@@H](C(=O)NCc2cccc(CN3CCCCCC3)c2)NC(=O)c2ccccc2OC[C@H](Cc2ccccc2)N(C)C1=O. The van der Waals surface area contributed by atoms with Crippen LogP contribution in [0, 0.1) is 0 Å². The molecule has 2 aliphatic heterocycles. The van der Waals surface area contributed by atoms with Crippen molar-refractivity contribution in [3.05, 3.63) is 101 Å². The Morgan fingerprint density at radius 3 is 2.25 bits per heavy atom. The molecule has 0 unspecified atom stereocenters. The highest BCUT2D eigenvalue weighted by atomic mass is 16.5. The molecule has 0 bridgehead atoms. The molecule has 5 amide bonds. The molecule has 3 atom stereocenters. The topological polar surface area (TPSA) is 140 Å². The average Bonchev–Trinajstić information content (AvgIpc) is 3.48. The van der Waals surface area contributed by atoms with Crippen LogP contribution >= 0.6 is 0 Å². The number of carbonyl (C=O) groups is 5. The summed E-state index contributed by atoms with van der Waals surface area (Å²) in [7, 11) is 3.34. The van der Waals surface area contributed by atoms with E-state index in [-0.39, 0.29) is 61.4 Å². The predicted molar refractivity (Wildman–Crippen MR) is 216 cm³/mol. The Morgan fingerprint density at radius 2 is 1.48 bits per heavy atom. The Labute approximate surface area is 331 Å². The molecule has 3 N–H and O–H groups in total. The molecule has 1 saturated heterocycles. The van der Waals surface area contributed by atoms with Gasteiger partial charge in [-0.05, 0) is 80.9 Å². The number of amides is 5. The van der Waals surface area contributed by atoms with Crippen molar-refractivity contribution in [2.45, 2.75) is 95.9 Å². The van der Waals surface area contributed by atoms with Crippen molar-refractivity contribution in [1.29, 1.82) is 0 Å². The van der Waals surface area contributed by atoms with Gasteiger partial charge in [0.2, 0.25) is 23.6 Å². The number of ether oxygens (including phenoxy) is 1. The molecule has 0 saturated carbocycles. The minimum Gasteiger partial charge on any atom is -0.491 e. The standard InChI is InChI=1S/C44H58N6O6/c1-32-44(55)49(3)36(28-33-15-7-6-8-16-33)31-56-39-20-10-9-19-37(39)42(53)47-38(22-23-41(52)48(2)24-14-21-40(51)46-32)43(54)45-29-34-17-13-18-35(27-34)30-50-25-11-4-5-12-26-50/h6-10,13,15-20,27,32,36,38H,4-5,11-12,14,21-26,28-31H2,1-3H3,(H,45,54)(H,46,51)(H,47,53)/t32-,36-,38-/m0/s1. The Bertz CT molecular complexity index is 1780. The predicted octanol–water partition coefficient (Wildman–Crippen LogP) is 4.46. The maximum Gasteiger partial charge on any atom is 0.255 e. The van der Waals surface area contributed by atoms with E-state index in [4.69, 9.17) is 4.74 Å². The summed E-state index contributed by atoms with van der Waals surface area (Å²) in [5.41, 5.74) is 3.35. The summed E-state index contributed by atoms with van der Waals surface area (Å²) in [6.07, 6.45) is 6.04. The van der Waals surface area contributed by atoms with E-state index in [2.05, 4.69) is 33.0 Å². The molecule has 12 heteroatoms. The smallest absolute Gasteiger partial charge is 0.255 e. The first-order valence-corrected chi connectivity index (χ1v) is 20.0. The van der Waals surface area contributed by atoms with E-state index in [0.717, 1.165) is 30.8 Å².